The van der Waals surface area contributed by atoms with Gasteiger partial charge in [-0.05, 0) is 35.2 Å². The Balaban J connectivity index is 1.66. The molecule has 1 N–H and O–H groups in total. The van der Waals surface area contributed by atoms with Crippen molar-refractivity contribution in [3.63, 3.8) is 0 Å². The van der Waals surface area contributed by atoms with Crippen molar-refractivity contribution in [3.05, 3.63) is 102 Å². The highest BCUT2D eigenvalue weighted by atomic mass is 16.2. The lowest BCUT2D eigenvalue weighted by atomic mass is 10.1. The number of anilines is 1. The third-order valence-corrected chi connectivity index (χ3v) is 4.51. The van der Waals surface area contributed by atoms with Gasteiger partial charge in [0, 0.05) is 18.8 Å². The first kappa shape index (κ1) is 18.9. The Morgan fingerprint density at radius 3 is 1.74 bits per heavy atom. The molecule has 0 aliphatic heterocycles. The summed E-state index contributed by atoms with van der Waals surface area (Å²) in [4.78, 5) is 14.8. The van der Waals surface area contributed by atoms with Crippen molar-refractivity contribution in [2.45, 2.75) is 26.4 Å². The number of nitrogens with one attached hydrogen (secondary N) is 1. The first-order chi connectivity index (χ1) is 13.2. The van der Waals surface area contributed by atoms with E-state index < -0.39 is 0 Å². The number of nitrogens with zero attached hydrogens (tertiary/aromatic N) is 1. The summed E-state index contributed by atoms with van der Waals surface area (Å²) in [5, 5.41) is 3.01. The average molecular weight is 358 g/mol. The van der Waals surface area contributed by atoms with Crippen molar-refractivity contribution in [1.29, 1.82) is 0 Å². The van der Waals surface area contributed by atoms with E-state index in [1.54, 1.807) is 0 Å². The van der Waals surface area contributed by atoms with Gasteiger partial charge in [-0.15, -0.1) is 0 Å². The summed E-state index contributed by atoms with van der Waals surface area (Å²) in [5.74, 6) is 0.00566. The first-order valence-electron chi connectivity index (χ1n) is 9.42. The minimum atomic E-state index is 0.00566. The van der Waals surface area contributed by atoms with Crippen molar-refractivity contribution in [3.8, 4) is 0 Å². The van der Waals surface area contributed by atoms with Crippen LogP contribution in [0.25, 0.3) is 0 Å². The van der Waals surface area contributed by atoms with Gasteiger partial charge in [0.2, 0.25) is 5.91 Å². The van der Waals surface area contributed by atoms with E-state index >= 15 is 0 Å². The van der Waals surface area contributed by atoms with E-state index in [1.807, 2.05) is 48.5 Å². The average Bonchev–Trinajstić information content (AvgIpc) is 2.70. The lowest BCUT2D eigenvalue weighted by Crippen LogP contribution is -2.32. The van der Waals surface area contributed by atoms with Gasteiger partial charge < -0.3 is 5.32 Å². The second kappa shape index (κ2) is 9.70. The molecule has 0 spiro atoms. The molecule has 1 amide bonds. The minimum absolute atomic E-state index is 0.00566. The Hall–Kier alpha value is -2.91. The Morgan fingerprint density at radius 1 is 0.741 bits per heavy atom. The summed E-state index contributed by atoms with van der Waals surface area (Å²) in [7, 11) is 0. The van der Waals surface area contributed by atoms with Gasteiger partial charge in [0.15, 0.2) is 0 Å². The standard InChI is InChI=1S/C24H26N2O/c1-2-20-13-15-23(16-14-20)25-24(27)19-26(17-21-9-5-3-6-10-21)18-22-11-7-4-8-12-22/h3-16H,2,17-19H2,1H3,(H,25,27). The lowest BCUT2D eigenvalue weighted by molar-refractivity contribution is -0.117. The predicted octanol–water partition coefficient (Wildman–Crippen LogP) is 4.89. The van der Waals surface area contributed by atoms with E-state index in [9.17, 15) is 4.79 Å². The summed E-state index contributed by atoms with van der Waals surface area (Å²) in [5.41, 5.74) is 4.52. The highest BCUT2D eigenvalue weighted by molar-refractivity contribution is 5.92. The Morgan fingerprint density at radius 2 is 1.26 bits per heavy atom. The van der Waals surface area contributed by atoms with E-state index in [2.05, 4.69) is 53.5 Å². The molecule has 0 unspecified atom stereocenters. The van der Waals surface area contributed by atoms with E-state index in [4.69, 9.17) is 0 Å². The Kier molecular flexibility index (Phi) is 6.78. The molecule has 3 rings (SSSR count). The van der Waals surface area contributed by atoms with Gasteiger partial charge in [0.05, 0.1) is 6.54 Å². The van der Waals surface area contributed by atoms with E-state index in [-0.39, 0.29) is 5.91 Å². The summed E-state index contributed by atoms with van der Waals surface area (Å²) in [6.07, 6.45) is 0.996. The first-order valence-corrected chi connectivity index (χ1v) is 9.42. The van der Waals surface area contributed by atoms with Crippen LogP contribution in [-0.2, 0) is 24.3 Å². The second-order valence-electron chi connectivity index (χ2n) is 6.72. The van der Waals surface area contributed by atoms with Crippen LogP contribution in [0.2, 0.25) is 0 Å². The molecular formula is C24H26N2O. The fraction of sp³-hybridized carbons (Fsp3) is 0.208. The number of aryl methyl sites for hydroxylation is 1. The molecule has 0 aromatic heterocycles. The van der Waals surface area contributed by atoms with Crippen molar-refractivity contribution in [1.82, 2.24) is 4.90 Å². The van der Waals surface area contributed by atoms with Crippen molar-refractivity contribution >= 4 is 11.6 Å². The molecule has 0 aliphatic carbocycles. The van der Waals surface area contributed by atoms with Crippen LogP contribution in [0.4, 0.5) is 5.69 Å². The maximum atomic E-state index is 12.6. The fourth-order valence-electron chi connectivity index (χ4n) is 3.08. The van der Waals surface area contributed by atoms with E-state index in [0.29, 0.717) is 6.54 Å². The molecule has 3 heteroatoms. The fourth-order valence-corrected chi connectivity index (χ4v) is 3.08. The predicted molar refractivity (Wildman–Crippen MR) is 111 cm³/mol. The van der Waals surface area contributed by atoms with Gasteiger partial charge in [-0.2, -0.15) is 0 Å². The van der Waals surface area contributed by atoms with Crippen LogP contribution in [-0.4, -0.2) is 17.4 Å². The maximum Gasteiger partial charge on any atom is 0.238 e. The van der Waals surface area contributed by atoms with Gasteiger partial charge in [-0.1, -0.05) is 79.7 Å². The summed E-state index contributed by atoms with van der Waals surface area (Å²) < 4.78 is 0. The van der Waals surface area contributed by atoms with Crippen LogP contribution in [0.15, 0.2) is 84.9 Å². The molecule has 27 heavy (non-hydrogen) atoms. The number of amides is 1. The molecule has 0 saturated carbocycles. The second-order valence-corrected chi connectivity index (χ2v) is 6.72. The number of carbonyl (C=O) groups excluding carboxylic acids is 1. The monoisotopic (exact) mass is 358 g/mol. The molecular weight excluding hydrogens is 332 g/mol. The number of carbonyl (C=O) groups is 1. The van der Waals surface area contributed by atoms with Crippen molar-refractivity contribution < 1.29 is 4.79 Å². The van der Waals surface area contributed by atoms with Gasteiger partial charge in [0.1, 0.15) is 0 Å². The third kappa shape index (κ3) is 6.08. The number of hydrogen-bond donors (Lipinski definition) is 1. The number of benzene rings is 3. The third-order valence-electron chi connectivity index (χ3n) is 4.51. The lowest BCUT2D eigenvalue weighted by Gasteiger charge is -2.22. The van der Waals surface area contributed by atoms with Crippen LogP contribution in [0.5, 0.6) is 0 Å². The zero-order valence-corrected chi connectivity index (χ0v) is 15.8. The Bertz CT molecular complexity index is 788. The van der Waals surface area contributed by atoms with Crippen LogP contribution < -0.4 is 5.32 Å². The molecule has 3 aromatic rings. The molecule has 138 valence electrons. The molecule has 0 bridgehead atoms. The number of hydrogen-bond acceptors (Lipinski definition) is 2. The summed E-state index contributed by atoms with van der Waals surface area (Å²) >= 11 is 0. The van der Waals surface area contributed by atoms with Gasteiger partial charge in [0.25, 0.3) is 0 Å². The zero-order valence-electron chi connectivity index (χ0n) is 15.8. The maximum absolute atomic E-state index is 12.6. The minimum Gasteiger partial charge on any atom is -0.325 e. The van der Waals surface area contributed by atoms with E-state index in [0.717, 1.165) is 25.2 Å². The molecule has 3 aromatic carbocycles. The largest absolute Gasteiger partial charge is 0.325 e. The van der Waals surface area contributed by atoms with Gasteiger partial charge in [-0.25, -0.2) is 0 Å². The Labute approximate surface area is 161 Å². The zero-order chi connectivity index (χ0) is 18.9. The highest BCUT2D eigenvalue weighted by Gasteiger charge is 2.12. The molecule has 0 radical (unpaired) electrons. The van der Waals surface area contributed by atoms with Crippen LogP contribution in [0.1, 0.15) is 23.6 Å². The highest BCUT2D eigenvalue weighted by Crippen LogP contribution is 2.12. The summed E-state index contributed by atoms with van der Waals surface area (Å²) in [6.45, 7) is 3.94. The molecule has 0 aliphatic rings. The molecule has 3 nitrogen and oxygen atoms in total. The van der Waals surface area contributed by atoms with Crippen LogP contribution >= 0.6 is 0 Å². The van der Waals surface area contributed by atoms with Crippen molar-refractivity contribution in [2.75, 3.05) is 11.9 Å². The van der Waals surface area contributed by atoms with Crippen molar-refractivity contribution in [2.24, 2.45) is 0 Å². The van der Waals surface area contributed by atoms with Crippen LogP contribution in [0, 0.1) is 0 Å². The number of rotatable bonds is 8. The normalized spacial score (nSPS) is 10.7. The molecule has 0 atom stereocenters. The topological polar surface area (TPSA) is 32.3 Å². The summed E-state index contributed by atoms with van der Waals surface area (Å²) in [6, 6.07) is 28.6. The molecule has 0 fully saturated rings. The van der Waals surface area contributed by atoms with E-state index in [1.165, 1.54) is 16.7 Å². The molecule has 0 saturated heterocycles. The SMILES string of the molecule is CCc1ccc(NC(=O)CN(Cc2ccccc2)Cc2ccccc2)cc1. The molecule has 0 heterocycles. The van der Waals surface area contributed by atoms with Gasteiger partial charge >= 0.3 is 0 Å². The quantitative estimate of drug-likeness (QED) is 0.622. The van der Waals surface area contributed by atoms with Gasteiger partial charge in [-0.3, -0.25) is 9.69 Å². The smallest absolute Gasteiger partial charge is 0.238 e. The van der Waals surface area contributed by atoms with Crippen LogP contribution in [0.3, 0.4) is 0 Å².